The zero-order valence-electron chi connectivity index (χ0n) is 12.6. The van der Waals surface area contributed by atoms with Gasteiger partial charge in [-0.2, -0.15) is 0 Å². The van der Waals surface area contributed by atoms with Crippen LogP contribution in [-0.2, 0) is 9.47 Å². The Morgan fingerprint density at radius 1 is 1.10 bits per heavy atom. The van der Waals surface area contributed by atoms with E-state index in [-0.39, 0.29) is 6.29 Å². The highest BCUT2D eigenvalue weighted by Crippen LogP contribution is 2.67. The molecule has 2 aliphatic heterocycles. The van der Waals surface area contributed by atoms with Gasteiger partial charge in [0.2, 0.25) is 0 Å². The number of unbranched alkanes of at least 4 members (excludes halogenated alkanes) is 5. The smallest absolute Gasteiger partial charge is 0.172 e. The standard InChI is InChI=1S/C17H28O3/c1-2-3-4-5-6-7-8-17(18)15-11-9-12-13(10-11)19-16(20-17)14(12)15/h11-16,18H,2-10H2,1H3/t11-,12+,13-,14-,15+,16+,17+/m1/s1. The van der Waals surface area contributed by atoms with Gasteiger partial charge in [-0.3, -0.25) is 0 Å². The summed E-state index contributed by atoms with van der Waals surface area (Å²) in [7, 11) is 0. The first-order valence-corrected chi connectivity index (χ1v) is 8.78. The van der Waals surface area contributed by atoms with Crippen LogP contribution >= 0.6 is 0 Å². The number of ether oxygens (including phenoxy) is 2. The monoisotopic (exact) mass is 280 g/mol. The van der Waals surface area contributed by atoms with E-state index in [4.69, 9.17) is 9.47 Å². The van der Waals surface area contributed by atoms with Crippen molar-refractivity contribution in [2.75, 3.05) is 0 Å². The number of rotatable bonds is 7. The Balaban J connectivity index is 1.32. The molecule has 0 aromatic heterocycles. The van der Waals surface area contributed by atoms with Crippen molar-refractivity contribution >= 4 is 0 Å². The normalized spacial score (nSPS) is 51.3. The van der Waals surface area contributed by atoms with Gasteiger partial charge in [0.15, 0.2) is 12.1 Å². The lowest BCUT2D eigenvalue weighted by Gasteiger charge is -2.35. The molecule has 0 aromatic carbocycles. The summed E-state index contributed by atoms with van der Waals surface area (Å²) in [4.78, 5) is 0. The minimum absolute atomic E-state index is 0.0902. The third-order valence-electron chi connectivity index (χ3n) is 6.36. The Morgan fingerprint density at radius 2 is 1.90 bits per heavy atom. The van der Waals surface area contributed by atoms with Crippen LogP contribution in [0.2, 0.25) is 0 Å². The summed E-state index contributed by atoms with van der Waals surface area (Å²) in [5.74, 6) is 1.35. The minimum Gasteiger partial charge on any atom is -0.365 e. The lowest BCUT2D eigenvalue weighted by molar-refractivity contribution is -0.278. The first-order valence-electron chi connectivity index (χ1n) is 8.78. The molecule has 0 radical (unpaired) electrons. The van der Waals surface area contributed by atoms with Crippen LogP contribution in [-0.4, -0.2) is 23.3 Å². The van der Waals surface area contributed by atoms with E-state index >= 15 is 0 Å². The Hall–Kier alpha value is -0.120. The Bertz CT molecular complexity index is 369. The number of hydrogen-bond donors (Lipinski definition) is 1. The second-order valence-electron chi connectivity index (χ2n) is 7.52. The van der Waals surface area contributed by atoms with Crippen LogP contribution in [0.3, 0.4) is 0 Å². The third-order valence-corrected chi connectivity index (χ3v) is 6.36. The van der Waals surface area contributed by atoms with E-state index in [1.165, 1.54) is 44.9 Å². The molecule has 4 rings (SSSR count). The molecule has 2 bridgehead atoms. The molecule has 2 saturated heterocycles. The molecule has 4 fully saturated rings. The van der Waals surface area contributed by atoms with Crippen molar-refractivity contribution in [2.45, 2.75) is 82.9 Å². The van der Waals surface area contributed by atoms with Crippen molar-refractivity contribution in [3.05, 3.63) is 0 Å². The van der Waals surface area contributed by atoms with Crippen LogP contribution in [0.15, 0.2) is 0 Å². The largest absolute Gasteiger partial charge is 0.365 e. The topological polar surface area (TPSA) is 38.7 Å². The minimum atomic E-state index is -0.870. The third kappa shape index (κ3) is 1.89. The van der Waals surface area contributed by atoms with Crippen molar-refractivity contribution in [2.24, 2.45) is 23.7 Å². The predicted molar refractivity (Wildman–Crippen MR) is 75.9 cm³/mol. The van der Waals surface area contributed by atoms with Crippen molar-refractivity contribution in [3.63, 3.8) is 0 Å². The van der Waals surface area contributed by atoms with Gasteiger partial charge in [-0.15, -0.1) is 0 Å². The second kappa shape index (κ2) is 4.96. The van der Waals surface area contributed by atoms with Gasteiger partial charge in [0.25, 0.3) is 0 Å². The van der Waals surface area contributed by atoms with E-state index in [0.29, 0.717) is 29.8 Å². The molecule has 0 spiro atoms. The van der Waals surface area contributed by atoms with Crippen LogP contribution in [0.4, 0.5) is 0 Å². The summed E-state index contributed by atoms with van der Waals surface area (Å²) < 4.78 is 12.0. The van der Waals surface area contributed by atoms with Gasteiger partial charge in [-0.1, -0.05) is 39.0 Å². The molecule has 114 valence electrons. The van der Waals surface area contributed by atoms with Crippen molar-refractivity contribution < 1.29 is 14.6 Å². The first kappa shape index (κ1) is 13.5. The molecule has 3 heteroatoms. The summed E-state index contributed by atoms with van der Waals surface area (Å²) in [5.41, 5.74) is 0. The average molecular weight is 280 g/mol. The highest BCUT2D eigenvalue weighted by atomic mass is 16.8. The number of fused-ring (bicyclic) bond motifs is 2. The maximum absolute atomic E-state index is 11.0. The Labute approximate surface area is 122 Å². The van der Waals surface area contributed by atoms with E-state index in [0.717, 1.165) is 12.8 Å². The van der Waals surface area contributed by atoms with Gasteiger partial charge in [0.05, 0.1) is 6.10 Å². The maximum Gasteiger partial charge on any atom is 0.172 e. The van der Waals surface area contributed by atoms with Crippen LogP contribution < -0.4 is 0 Å². The average Bonchev–Trinajstić information content (AvgIpc) is 3.08. The van der Waals surface area contributed by atoms with Crippen LogP contribution in [0.25, 0.3) is 0 Å². The van der Waals surface area contributed by atoms with E-state index in [1.54, 1.807) is 0 Å². The van der Waals surface area contributed by atoms with E-state index < -0.39 is 5.79 Å². The van der Waals surface area contributed by atoms with Crippen LogP contribution in [0, 0.1) is 23.7 Å². The van der Waals surface area contributed by atoms with E-state index in [2.05, 4.69) is 6.92 Å². The molecule has 2 aliphatic carbocycles. The molecule has 2 saturated carbocycles. The molecule has 0 aromatic rings. The second-order valence-corrected chi connectivity index (χ2v) is 7.52. The fraction of sp³-hybridized carbons (Fsp3) is 1.00. The molecule has 1 N–H and O–H groups in total. The summed E-state index contributed by atoms with van der Waals surface area (Å²) in [5, 5.41) is 11.0. The van der Waals surface area contributed by atoms with Crippen LogP contribution in [0.1, 0.15) is 64.7 Å². The highest BCUT2D eigenvalue weighted by molar-refractivity contribution is 5.13. The number of aliphatic hydroxyl groups is 1. The fourth-order valence-corrected chi connectivity index (χ4v) is 5.58. The quantitative estimate of drug-likeness (QED) is 0.726. The molecule has 7 atom stereocenters. The van der Waals surface area contributed by atoms with Gasteiger partial charge < -0.3 is 14.6 Å². The summed E-state index contributed by atoms with van der Waals surface area (Å²) in [6.07, 6.45) is 11.2. The molecule has 0 unspecified atom stereocenters. The lowest BCUT2D eigenvalue weighted by atomic mass is 9.75. The molecular weight excluding hydrogens is 252 g/mol. The van der Waals surface area contributed by atoms with Crippen molar-refractivity contribution in [1.29, 1.82) is 0 Å². The molecule has 3 nitrogen and oxygen atoms in total. The van der Waals surface area contributed by atoms with Gasteiger partial charge in [0.1, 0.15) is 0 Å². The molecule has 4 aliphatic rings. The molecule has 0 amide bonds. The van der Waals surface area contributed by atoms with E-state index in [9.17, 15) is 5.11 Å². The van der Waals surface area contributed by atoms with Crippen LogP contribution in [0.5, 0.6) is 0 Å². The lowest BCUT2D eigenvalue weighted by Crippen LogP contribution is -2.42. The highest BCUT2D eigenvalue weighted by Gasteiger charge is 2.71. The zero-order chi connectivity index (χ0) is 13.7. The zero-order valence-corrected chi connectivity index (χ0v) is 12.6. The predicted octanol–water partition coefficient (Wildman–Crippen LogP) is 3.45. The summed E-state index contributed by atoms with van der Waals surface area (Å²) >= 11 is 0. The maximum atomic E-state index is 11.0. The van der Waals surface area contributed by atoms with Crippen molar-refractivity contribution in [3.8, 4) is 0 Å². The van der Waals surface area contributed by atoms with E-state index in [1.807, 2.05) is 0 Å². The fourth-order valence-electron chi connectivity index (χ4n) is 5.58. The summed E-state index contributed by atoms with van der Waals surface area (Å²) in [6.45, 7) is 2.25. The molecule has 20 heavy (non-hydrogen) atoms. The van der Waals surface area contributed by atoms with Gasteiger partial charge in [0, 0.05) is 18.3 Å². The Morgan fingerprint density at radius 3 is 2.75 bits per heavy atom. The van der Waals surface area contributed by atoms with Gasteiger partial charge in [-0.25, -0.2) is 0 Å². The first-order chi connectivity index (χ1) is 9.73. The molecular formula is C17H28O3. The van der Waals surface area contributed by atoms with Gasteiger partial charge >= 0.3 is 0 Å². The molecule has 2 heterocycles. The SMILES string of the molecule is CCCCCCCC[C@]1(O)O[C@@H]2O[C@@H]3C[C@H]4C[C@@H]3[C@@H]2[C@H]41. The Kier molecular flexibility index (Phi) is 3.36. The number of hydrogen-bond acceptors (Lipinski definition) is 3. The summed E-state index contributed by atoms with van der Waals surface area (Å²) in [6, 6.07) is 0. The van der Waals surface area contributed by atoms with Gasteiger partial charge in [-0.05, 0) is 31.1 Å². The van der Waals surface area contributed by atoms with Crippen molar-refractivity contribution in [1.82, 2.24) is 0 Å².